The Hall–Kier alpha value is -0.540. The number of ether oxygens (including phenoxy) is 1. The number of sulfonamides is 1. The minimum Gasteiger partial charge on any atom is -0.489 e. The van der Waals surface area contributed by atoms with Gasteiger partial charge in [-0.15, -0.1) is 0 Å². The standard InChI is InChI=1S/C10H13Cl2NO5S2/c1-2-19(14,15)4-3-18-10-8(11)5-7(6-9(10)12)20(13,16)17/h5-6H,2-4H2,1H3,(H2,13,16,17). The number of benzene rings is 1. The summed E-state index contributed by atoms with van der Waals surface area (Å²) in [6, 6.07) is 2.18. The molecule has 0 unspecified atom stereocenters. The number of rotatable bonds is 6. The third kappa shape index (κ3) is 4.78. The first-order chi connectivity index (χ1) is 9.07. The summed E-state index contributed by atoms with van der Waals surface area (Å²) >= 11 is 11.7. The molecule has 6 nitrogen and oxygen atoms in total. The average molecular weight is 362 g/mol. The minimum atomic E-state index is -3.93. The van der Waals surface area contributed by atoms with Gasteiger partial charge in [-0.25, -0.2) is 22.0 Å². The van der Waals surface area contributed by atoms with Crippen LogP contribution in [0.3, 0.4) is 0 Å². The van der Waals surface area contributed by atoms with E-state index in [1.54, 1.807) is 0 Å². The van der Waals surface area contributed by atoms with Crippen LogP contribution in [0, 0.1) is 0 Å². The van der Waals surface area contributed by atoms with Crippen LogP contribution in [0.4, 0.5) is 0 Å². The Morgan fingerprint density at radius 1 is 1.15 bits per heavy atom. The highest BCUT2D eigenvalue weighted by Gasteiger charge is 2.16. The number of halogens is 2. The van der Waals surface area contributed by atoms with Crippen molar-refractivity contribution in [1.82, 2.24) is 0 Å². The molecule has 1 rings (SSSR count). The monoisotopic (exact) mass is 361 g/mol. The highest BCUT2D eigenvalue weighted by molar-refractivity contribution is 7.91. The second-order valence-electron chi connectivity index (χ2n) is 3.85. The molecular formula is C10H13Cl2NO5S2. The maximum absolute atomic E-state index is 11.3. The van der Waals surface area contributed by atoms with Crippen molar-refractivity contribution in [3.63, 3.8) is 0 Å². The van der Waals surface area contributed by atoms with E-state index in [0.29, 0.717) is 0 Å². The molecule has 0 heterocycles. The van der Waals surface area contributed by atoms with Gasteiger partial charge >= 0.3 is 0 Å². The van der Waals surface area contributed by atoms with Gasteiger partial charge in [0.2, 0.25) is 10.0 Å². The maximum Gasteiger partial charge on any atom is 0.238 e. The highest BCUT2D eigenvalue weighted by Crippen LogP contribution is 2.35. The van der Waals surface area contributed by atoms with E-state index < -0.39 is 19.9 Å². The second-order valence-corrected chi connectivity index (χ2v) is 8.69. The summed E-state index contributed by atoms with van der Waals surface area (Å²) in [5.41, 5.74) is 0. The van der Waals surface area contributed by atoms with Gasteiger partial charge in [0.15, 0.2) is 15.6 Å². The van der Waals surface area contributed by atoms with Crippen LogP contribution in [0.2, 0.25) is 10.0 Å². The zero-order valence-electron chi connectivity index (χ0n) is 10.5. The third-order valence-electron chi connectivity index (χ3n) is 2.38. The number of hydrogen-bond donors (Lipinski definition) is 1. The first-order valence-corrected chi connectivity index (χ1v) is 9.54. The topological polar surface area (TPSA) is 104 Å². The van der Waals surface area contributed by atoms with Crippen LogP contribution >= 0.6 is 23.2 Å². The van der Waals surface area contributed by atoms with E-state index in [0.717, 1.165) is 12.1 Å². The molecule has 0 spiro atoms. The summed E-state index contributed by atoms with van der Waals surface area (Å²) in [7, 11) is -7.11. The van der Waals surface area contributed by atoms with Crippen LogP contribution in [0.15, 0.2) is 17.0 Å². The van der Waals surface area contributed by atoms with Gasteiger partial charge in [-0.3, -0.25) is 0 Å². The molecule has 0 amide bonds. The van der Waals surface area contributed by atoms with Crippen LogP contribution in [0.5, 0.6) is 5.75 Å². The number of sulfone groups is 1. The predicted octanol–water partition coefficient (Wildman–Crippen LogP) is 1.45. The lowest BCUT2D eigenvalue weighted by atomic mass is 10.3. The molecule has 0 aromatic heterocycles. The largest absolute Gasteiger partial charge is 0.489 e. The molecule has 0 radical (unpaired) electrons. The fourth-order valence-electron chi connectivity index (χ4n) is 1.25. The molecule has 1 aromatic carbocycles. The molecule has 1 aromatic rings. The van der Waals surface area contributed by atoms with Crippen LogP contribution in [0.1, 0.15) is 6.92 Å². The molecule has 20 heavy (non-hydrogen) atoms. The molecular weight excluding hydrogens is 349 g/mol. The minimum absolute atomic E-state index is 0.00216. The Bertz CT molecular complexity index is 677. The van der Waals surface area contributed by atoms with Crippen molar-refractivity contribution in [2.24, 2.45) is 5.14 Å². The van der Waals surface area contributed by atoms with Crippen LogP contribution in [0.25, 0.3) is 0 Å². The Kier molecular flexibility index (Phi) is 5.68. The van der Waals surface area contributed by atoms with E-state index in [1.165, 1.54) is 6.92 Å². The zero-order valence-corrected chi connectivity index (χ0v) is 13.6. The summed E-state index contributed by atoms with van der Waals surface area (Å²) < 4.78 is 50.1. The van der Waals surface area contributed by atoms with E-state index in [2.05, 4.69) is 0 Å². The third-order valence-corrected chi connectivity index (χ3v) is 5.50. The van der Waals surface area contributed by atoms with Crippen molar-refractivity contribution in [2.45, 2.75) is 11.8 Å². The molecule has 0 fully saturated rings. The number of hydrogen-bond acceptors (Lipinski definition) is 5. The van der Waals surface area contributed by atoms with Gasteiger partial charge in [-0.1, -0.05) is 30.1 Å². The van der Waals surface area contributed by atoms with Crippen LogP contribution < -0.4 is 9.88 Å². The SMILES string of the molecule is CCS(=O)(=O)CCOc1c(Cl)cc(S(N)(=O)=O)cc1Cl. The van der Waals surface area contributed by atoms with Gasteiger partial charge in [0.05, 0.1) is 20.7 Å². The number of primary sulfonamides is 1. The van der Waals surface area contributed by atoms with Gasteiger partial charge in [0.1, 0.15) is 6.61 Å². The van der Waals surface area contributed by atoms with Crippen molar-refractivity contribution >= 4 is 43.1 Å². The Balaban J connectivity index is 2.93. The Morgan fingerprint density at radius 3 is 2.05 bits per heavy atom. The van der Waals surface area contributed by atoms with E-state index in [9.17, 15) is 16.8 Å². The molecule has 0 saturated heterocycles. The quantitative estimate of drug-likeness (QED) is 0.825. The summed E-state index contributed by atoms with van der Waals surface area (Å²) in [4.78, 5) is -0.249. The molecule has 114 valence electrons. The number of nitrogens with two attached hydrogens (primary N) is 1. The van der Waals surface area contributed by atoms with Crippen molar-refractivity contribution in [3.05, 3.63) is 22.2 Å². The Labute approximate surface area is 127 Å². The smallest absolute Gasteiger partial charge is 0.238 e. The fourth-order valence-corrected chi connectivity index (χ4v) is 3.17. The fraction of sp³-hybridized carbons (Fsp3) is 0.400. The van der Waals surface area contributed by atoms with Gasteiger partial charge in [0.25, 0.3) is 0 Å². The van der Waals surface area contributed by atoms with Crippen molar-refractivity contribution in [3.8, 4) is 5.75 Å². The lowest BCUT2D eigenvalue weighted by molar-refractivity contribution is 0.341. The van der Waals surface area contributed by atoms with E-state index in [4.69, 9.17) is 33.1 Å². The van der Waals surface area contributed by atoms with E-state index in [-0.39, 0.29) is 38.8 Å². The van der Waals surface area contributed by atoms with Gasteiger partial charge in [0, 0.05) is 5.75 Å². The van der Waals surface area contributed by atoms with Crippen LogP contribution in [-0.2, 0) is 19.9 Å². The van der Waals surface area contributed by atoms with E-state index >= 15 is 0 Å². The summed E-state index contributed by atoms with van der Waals surface area (Å²) in [6.07, 6.45) is 0. The second kappa shape index (κ2) is 6.48. The lowest BCUT2D eigenvalue weighted by Crippen LogP contribution is -2.16. The predicted molar refractivity (Wildman–Crippen MR) is 77.7 cm³/mol. The molecule has 0 atom stereocenters. The summed E-state index contributed by atoms with van der Waals surface area (Å²) in [5, 5.41) is 4.84. The first kappa shape index (κ1) is 17.5. The first-order valence-electron chi connectivity index (χ1n) is 5.42. The van der Waals surface area contributed by atoms with Gasteiger partial charge < -0.3 is 4.74 Å². The molecule has 0 saturated carbocycles. The Morgan fingerprint density at radius 2 is 1.65 bits per heavy atom. The molecule has 0 bridgehead atoms. The average Bonchev–Trinajstić information content (AvgIpc) is 2.31. The summed E-state index contributed by atoms with van der Waals surface area (Å²) in [5.74, 6) is -0.165. The van der Waals surface area contributed by atoms with Crippen molar-refractivity contribution < 1.29 is 21.6 Å². The molecule has 0 aliphatic heterocycles. The molecule has 0 aliphatic carbocycles. The van der Waals surface area contributed by atoms with Gasteiger partial charge in [-0.05, 0) is 12.1 Å². The van der Waals surface area contributed by atoms with E-state index in [1.807, 2.05) is 0 Å². The van der Waals surface area contributed by atoms with Crippen molar-refractivity contribution in [1.29, 1.82) is 0 Å². The van der Waals surface area contributed by atoms with Crippen LogP contribution in [-0.4, -0.2) is 34.9 Å². The van der Waals surface area contributed by atoms with Gasteiger partial charge in [-0.2, -0.15) is 0 Å². The zero-order chi connectivity index (χ0) is 15.6. The lowest BCUT2D eigenvalue weighted by Gasteiger charge is -2.11. The maximum atomic E-state index is 11.3. The molecule has 2 N–H and O–H groups in total. The van der Waals surface area contributed by atoms with Crippen molar-refractivity contribution in [2.75, 3.05) is 18.1 Å². The normalized spacial score (nSPS) is 12.4. The molecule has 0 aliphatic rings. The summed E-state index contributed by atoms with van der Waals surface area (Å²) in [6.45, 7) is 1.39. The molecule has 10 heteroatoms. The highest BCUT2D eigenvalue weighted by atomic mass is 35.5.